The Kier molecular flexibility index (Phi) is 7.56. The van der Waals surface area contributed by atoms with Crippen LogP contribution in [0, 0.1) is 5.92 Å². The molecule has 136 valence electrons. The van der Waals surface area contributed by atoms with Crippen molar-refractivity contribution in [2.24, 2.45) is 5.92 Å². The number of halogens is 1. The average Bonchev–Trinajstić information content (AvgIpc) is 2.94. The number of ether oxygens (including phenoxy) is 1. The first kappa shape index (κ1) is 19.7. The third-order valence-electron chi connectivity index (χ3n) is 4.40. The summed E-state index contributed by atoms with van der Waals surface area (Å²) in [5.74, 6) is 0.854. The number of anilines is 1. The van der Waals surface area contributed by atoms with E-state index >= 15 is 0 Å². The first-order valence-electron chi connectivity index (χ1n) is 8.34. The molecule has 1 fully saturated rings. The molecule has 2 rings (SSSR count). The predicted octanol–water partition coefficient (Wildman–Crippen LogP) is 2.47. The number of hydrogen-bond donors (Lipinski definition) is 3. The van der Waals surface area contributed by atoms with Gasteiger partial charge in [-0.05, 0) is 25.2 Å². The number of aromatic nitrogens is 2. The van der Waals surface area contributed by atoms with E-state index in [0.717, 1.165) is 12.2 Å². The SMILES string of the molecule is CCCSc1nc(Cl)c(N)c(C(C)C2CC(OCCO)CC2O)n1. The molecular formula is C16H26ClN3O3S. The van der Waals surface area contributed by atoms with Gasteiger partial charge in [-0.1, -0.05) is 37.2 Å². The first-order valence-corrected chi connectivity index (χ1v) is 9.70. The van der Waals surface area contributed by atoms with Crippen LogP contribution in [0.2, 0.25) is 5.15 Å². The van der Waals surface area contributed by atoms with Gasteiger partial charge in [0.2, 0.25) is 0 Å². The van der Waals surface area contributed by atoms with Crippen LogP contribution in [-0.2, 0) is 4.74 Å². The topological polar surface area (TPSA) is 101 Å². The Bertz CT molecular complexity index is 550. The molecule has 6 nitrogen and oxygen atoms in total. The van der Waals surface area contributed by atoms with Crippen LogP contribution in [0.4, 0.5) is 5.69 Å². The van der Waals surface area contributed by atoms with Crippen molar-refractivity contribution in [3.8, 4) is 0 Å². The summed E-state index contributed by atoms with van der Waals surface area (Å²) in [6, 6.07) is 0. The Morgan fingerprint density at radius 2 is 2.17 bits per heavy atom. The molecule has 4 unspecified atom stereocenters. The lowest BCUT2D eigenvalue weighted by Gasteiger charge is -2.23. The molecule has 0 aliphatic heterocycles. The number of nitrogen functional groups attached to an aromatic ring is 1. The molecule has 8 heteroatoms. The molecule has 4 N–H and O–H groups in total. The van der Waals surface area contributed by atoms with Crippen LogP contribution in [0.5, 0.6) is 0 Å². The molecule has 1 aliphatic rings. The lowest BCUT2D eigenvalue weighted by atomic mass is 9.87. The number of hydrogen-bond acceptors (Lipinski definition) is 7. The average molecular weight is 376 g/mol. The molecule has 0 spiro atoms. The predicted molar refractivity (Wildman–Crippen MR) is 96.4 cm³/mol. The van der Waals surface area contributed by atoms with Crippen LogP contribution in [0.25, 0.3) is 0 Å². The van der Waals surface area contributed by atoms with Gasteiger partial charge in [0.05, 0.1) is 36.8 Å². The van der Waals surface area contributed by atoms with Crippen LogP contribution >= 0.6 is 23.4 Å². The Morgan fingerprint density at radius 1 is 1.42 bits per heavy atom. The Balaban J connectivity index is 2.16. The first-order chi connectivity index (χ1) is 11.5. The van der Waals surface area contributed by atoms with Crippen molar-refractivity contribution in [2.75, 3.05) is 24.7 Å². The fourth-order valence-corrected chi connectivity index (χ4v) is 4.07. The van der Waals surface area contributed by atoms with Gasteiger partial charge in [0.1, 0.15) is 0 Å². The molecule has 1 heterocycles. The molecule has 1 aromatic heterocycles. The number of thioether (sulfide) groups is 1. The molecule has 0 aromatic carbocycles. The quantitative estimate of drug-likeness (QED) is 0.364. The van der Waals surface area contributed by atoms with E-state index in [1.807, 2.05) is 6.92 Å². The minimum absolute atomic E-state index is 0.00835. The molecule has 0 saturated heterocycles. The smallest absolute Gasteiger partial charge is 0.189 e. The molecule has 1 saturated carbocycles. The summed E-state index contributed by atoms with van der Waals surface area (Å²) < 4.78 is 5.57. The summed E-state index contributed by atoms with van der Waals surface area (Å²) in [7, 11) is 0. The summed E-state index contributed by atoms with van der Waals surface area (Å²) in [5, 5.41) is 20.2. The fraction of sp³-hybridized carbons (Fsp3) is 0.750. The standard InChI is InChI=1S/C16H26ClN3O3S/c1-3-6-24-16-19-14(13(18)15(17)20-16)9(2)11-7-10(8-12(11)22)23-5-4-21/h9-12,21-22H,3-8,18H2,1-2H3. The number of nitrogens with zero attached hydrogens (tertiary/aromatic N) is 2. The highest BCUT2D eigenvalue weighted by Gasteiger charge is 2.38. The van der Waals surface area contributed by atoms with Gasteiger partial charge in [0.25, 0.3) is 0 Å². The van der Waals surface area contributed by atoms with Gasteiger partial charge in [-0.25, -0.2) is 9.97 Å². The number of rotatable bonds is 8. The molecule has 4 atom stereocenters. The van der Waals surface area contributed by atoms with Gasteiger partial charge in [-0.3, -0.25) is 0 Å². The third kappa shape index (κ3) is 4.73. The summed E-state index contributed by atoms with van der Waals surface area (Å²) in [6.07, 6.45) is 1.76. The van der Waals surface area contributed by atoms with E-state index in [2.05, 4.69) is 16.9 Å². The van der Waals surface area contributed by atoms with E-state index in [0.29, 0.717) is 29.4 Å². The van der Waals surface area contributed by atoms with Crippen LogP contribution in [-0.4, -0.2) is 51.4 Å². The highest BCUT2D eigenvalue weighted by Crippen LogP contribution is 2.41. The number of aliphatic hydroxyl groups excluding tert-OH is 2. The second-order valence-electron chi connectivity index (χ2n) is 6.15. The van der Waals surface area contributed by atoms with Crippen molar-refractivity contribution in [1.29, 1.82) is 0 Å². The summed E-state index contributed by atoms with van der Waals surface area (Å²) in [5.41, 5.74) is 7.18. The Hall–Kier alpha value is -0.600. The Morgan fingerprint density at radius 3 is 2.83 bits per heavy atom. The highest BCUT2D eigenvalue weighted by atomic mass is 35.5. The largest absolute Gasteiger partial charge is 0.395 e. The lowest BCUT2D eigenvalue weighted by molar-refractivity contribution is 0.0251. The molecule has 0 radical (unpaired) electrons. The summed E-state index contributed by atoms with van der Waals surface area (Å²) >= 11 is 7.73. The molecule has 1 aromatic rings. The molecular weight excluding hydrogens is 350 g/mol. The maximum Gasteiger partial charge on any atom is 0.189 e. The zero-order valence-electron chi connectivity index (χ0n) is 14.1. The van der Waals surface area contributed by atoms with Crippen molar-refractivity contribution in [3.05, 3.63) is 10.8 Å². The summed E-state index contributed by atoms with van der Waals surface area (Å²) in [4.78, 5) is 8.82. The maximum absolute atomic E-state index is 10.4. The van der Waals surface area contributed by atoms with Crippen molar-refractivity contribution >= 4 is 29.1 Å². The molecule has 24 heavy (non-hydrogen) atoms. The van der Waals surface area contributed by atoms with E-state index in [9.17, 15) is 5.11 Å². The number of aliphatic hydroxyl groups is 2. The lowest BCUT2D eigenvalue weighted by Crippen LogP contribution is -2.21. The van der Waals surface area contributed by atoms with Crippen molar-refractivity contribution < 1.29 is 14.9 Å². The minimum Gasteiger partial charge on any atom is -0.395 e. The second-order valence-corrected chi connectivity index (χ2v) is 7.57. The van der Waals surface area contributed by atoms with Crippen molar-refractivity contribution in [2.45, 2.75) is 56.4 Å². The van der Waals surface area contributed by atoms with E-state index in [4.69, 9.17) is 27.2 Å². The number of nitrogens with two attached hydrogens (primary N) is 1. The monoisotopic (exact) mass is 375 g/mol. The van der Waals surface area contributed by atoms with Gasteiger partial charge < -0.3 is 20.7 Å². The second kappa shape index (κ2) is 9.20. The van der Waals surface area contributed by atoms with E-state index in [-0.39, 0.29) is 36.3 Å². The van der Waals surface area contributed by atoms with Gasteiger partial charge >= 0.3 is 0 Å². The Labute approximate surface area is 152 Å². The van der Waals surface area contributed by atoms with Crippen LogP contribution < -0.4 is 5.73 Å². The van der Waals surface area contributed by atoms with Crippen molar-refractivity contribution in [1.82, 2.24) is 9.97 Å². The van der Waals surface area contributed by atoms with Gasteiger partial charge in [0.15, 0.2) is 10.3 Å². The van der Waals surface area contributed by atoms with Gasteiger partial charge in [-0.15, -0.1) is 0 Å². The zero-order chi connectivity index (χ0) is 17.7. The van der Waals surface area contributed by atoms with E-state index in [1.54, 1.807) is 11.8 Å². The summed E-state index contributed by atoms with van der Waals surface area (Å²) in [6.45, 7) is 4.37. The van der Waals surface area contributed by atoms with Crippen LogP contribution in [0.3, 0.4) is 0 Å². The van der Waals surface area contributed by atoms with Gasteiger partial charge in [-0.2, -0.15) is 0 Å². The van der Waals surface area contributed by atoms with E-state index in [1.165, 1.54) is 0 Å². The van der Waals surface area contributed by atoms with Crippen LogP contribution in [0.15, 0.2) is 5.16 Å². The highest BCUT2D eigenvalue weighted by molar-refractivity contribution is 7.99. The van der Waals surface area contributed by atoms with Crippen molar-refractivity contribution in [3.63, 3.8) is 0 Å². The normalized spacial score (nSPS) is 25.1. The minimum atomic E-state index is -0.483. The zero-order valence-corrected chi connectivity index (χ0v) is 15.7. The van der Waals surface area contributed by atoms with Crippen LogP contribution in [0.1, 0.15) is 44.7 Å². The fourth-order valence-electron chi connectivity index (χ4n) is 3.14. The third-order valence-corrected chi connectivity index (χ3v) is 5.74. The molecule has 0 bridgehead atoms. The van der Waals surface area contributed by atoms with Gasteiger partial charge in [0, 0.05) is 11.7 Å². The molecule has 1 aliphatic carbocycles. The molecule has 0 amide bonds. The maximum atomic E-state index is 10.4. The van der Waals surface area contributed by atoms with E-state index < -0.39 is 6.10 Å².